The molecule has 0 aliphatic carbocycles. The van der Waals surface area contributed by atoms with E-state index < -0.39 is 0 Å². The third-order valence-corrected chi connectivity index (χ3v) is 4.33. The van der Waals surface area contributed by atoms with Crippen molar-refractivity contribution in [2.45, 2.75) is 26.7 Å². The number of Topliss-reactive ketones (excluding diaryl/α,β-unsaturated/α-hetero) is 1. The van der Waals surface area contributed by atoms with Gasteiger partial charge >= 0.3 is 0 Å². The highest BCUT2D eigenvalue weighted by atomic mass is 16.5. The lowest BCUT2D eigenvalue weighted by Crippen LogP contribution is -2.06. The average molecular weight is 350 g/mol. The number of fused-ring (bicyclic) bond motifs is 1. The van der Waals surface area contributed by atoms with Gasteiger partial charge in [-0.05, 0) is 43.2 Å². The molecule has 1 aromatic heterocycles. The summed E-state index contributed by atoms with van der Waals surface area (Å²) < 4.78 is 5.41. The second kappa shape index (κ2) is 7.44. The van der Waals surface area contributed by atoms with Crippen LogP contribution in [0.2, 0.25) is 0 Å². The van der Waals surface area contributed by atoms with Gasteiger partial charge in [0.15, 0.2) is 5.78 Å². The number of nitrogens with one attached hydrogen (secondary N) is 1. The maximum Gasteiger partial charge on any atom is 0.166 e. The molecule has 0 radical (unpaired) electrons. The molecule has 0 atom stereocenters. The van der Waals surface area contributed by atoms with E-state index in [0.717, 1.165) is 23.1 Å². The first kappa shape index (κ1) is 17.7. The van der Waals surface area contributed by atoms with E-state index in [0.29, 0.717) is 28.9 Å². The fraction of sp³-hybridized carbons (Fsp3) is 0.238. The maximum atomic E-state index is 12.6. The molecular formula is C21H22N2O3. The van der Waals surface area contributed by atoms with Crippen LogP contribution in [0, 0.1) is 6.92 Å². The number of hydrogen-bond acceptors (Lipinski definition) is 5. The van der Waals surface area contributed by atoms with Gasteiger partial charge in [-0.1, -0.05) is 19.1 Å². The number of phenols is 1. The summed E-state index contributed by atoms with van der Waals surface area (Å²) in [7, 11) is 1.60. The van der Waals surface area contributed by atoms with E-state index in [9.17, 15) is 9.90 Å². The van der Waals surface area contributed by atoms with Gasteiger partial charge in [-0.2, -0.15) is 0 Å². The quantitative estimate of drug-likeness (QED) is 0.484. The van der Waals surface area contributed by atoms with Crippen LogP contribution in [-0.2, 0) is 0 Å². The molecule has 2 aromatic carbocycles. The minimum atomic E-state index is 0.0450. The number of aryl methyl sites for hydroxylation is 1. The van der Waals surface area contributed by atoms with Gasteiger partial charge in [-0.3, -0.25) is 9.78 Å². The van der Waals surface area contributed by atoms with E-state index in [1.807, 2.05) is 32.0 Å². The largest absolute Gasteiger partial charge is 0.508 e. The fourth-order valence-corrected chi connectivity index (χ4v) is 2.99. The molecule has 1 heterocycles. The molecule has 5 nitrogen and oxygen atoms in total. The Labute approximate surface area is 152 Å². The number of benzene rings is 2. The number of rotatable bonds is 6. The number of ether oxygens (including phenoxy) is 1. The number of pyridine rings is 1. The molecule has 5 heteroatoms. The number of carbonyl (C=O) groups is 1. The van der Waals surface area contributed by atoms with Crippen molar-refractivity contribution < 1.29 is 14.6 Å². The molecule has 3 rings (SSSR count). The summed E-state index contributed by atoms with van der Waals surface area (Å²) >= 11 is 0. The Hall–Kier alpha value is -3.08. The monoisotopic (exact) mass is 350 g/mol. The van der Waals surface area contributed by atoms with Crippen LogP contribution in [0.25, 0.3) is 10.9 Å². The normalized spacial score (nSPS) is 10.7. The van der Waals surface area contributed by atoms with Crippen molar-refractivity contribution in [1.29, 1.82) is 0 Å². The minimum Gasteiger partial charge on any atom is -0.508 e. The highest BCUT2D eigenvalue weighted by Crippen LogP contribution is 2.35. The molecule has 3 aromatic rings. The van der Waals surface area contributed by atoms with Crippen LogP contribution >= 0.6 is 0 Å². The van der Waals surface area contributed by atoms with Crippen molar-refractivity contribution in [1.82, 2.24) is 4.98 Å². The zero-order valence-electron chi connectivity index (χ0n) is 15.2. The number of aromatic nitrogens is 1. The van der Waals surface area contributed by atoms with Gasteiger partial charge in [0.25, 0.3) is 0 Å². The number of aromatic hydroxyl groups is 1. The third kappa shape index (κ3) is 3.33. The highest BCUT2D eigenvalue weighted by molar-refractivity contribution is 6.09. The molecule has 0 amide bonds. The van der Waals surface area contributed by atoms with E-state index in [-0.39, 0.29) is 11.5 Å². The minimum absolute atomic E-state index is 0.0450. The molecule has 26 heavy (non-hydrogen) atoms. The van der Waals surface area contributed by atoms with Crippen LogP contribution in [0.3, 0.4) is 0 Å². The average Bonchev–Trinajstić information content (AvgIpc) is 2.63. The van der Waals surface area contributed by atoms with Gasteiger partial charge in [-0.15, -0.1) is 0 Å². The zero-order valence-corrected chi connectivity index (χ0v) is 15.2. The van der Waals surface area contributed by atoms with Gasteiger partial charge < -0.3 is 15.2 Å². The van der Waals surface area contributed by atoms with E-state index in [1.165, 1.54) is 0 Å². The predicted octanol–water partition coefficient (Wildman–Crippen LogP) is 4.98. The van der Waals surface area contributed by atoms with E-state index >= 15 is 0 Å². The molecule has 0 fully saturated rings. The second-order valence-electron chi connectivity index (χ2n) is 6.20. The van der Waals surface area contributed by atoms with Crippen LogP contribution in [0.4, 0.5) is 11.4 Å². The van der Waals surface area contributed by atoms with Crippen molar-refractivity contribution in [3.63, 3.8) is 0 Å². The van der Waals surface area contributed by atoms with Crippen LogP contribution in [-0.4, -0.2) is 23.0 Å². The maximum absolute atomic E-state index is 12.6. The SMILES string of the molecule is CCCC(=O)c1cnc2c(OC)cccc2c1Nc1ccc(O)cc1C. The second-order valence-corrected chi connectivity index (χ2v) is 6.20. The Kier molecular flexibility index (Phi) is 5.07. The smallest absolute Gasteiger partial charge is 0.166 e. The van der Waals surface area contributed by atoms with E-state index in [1.54, 1.807) is 31.5 Å². The highest BCUT2D eigenvalue weighted by Gasteiger charge is 2.17. The first-order chi connectivity index (χ1) is 12.5. The topological polar surface area (TPSA) is 71.5 Å². The lowest BCUT2D eigenvalue weighted by atomic mass is 10.0. The number of para-hydroxylation sites is 1. The molecule has 0 spiro atoms. The number of hydrogen-bond donors (Lipinski definition) is 2. The fourth-order valence-electron chi connectivity index (χ4n) is 2.99. The van der Waals surface area contributed by atoms with Crippen molar-refractivity contribution in [3.05, 3.63) is 53.7 Å². The Balaban J connectivity index is 2.21. The van der Waals surface area contributed by atoms with Gasteiger partial charge in [0.2, 0.25) is 0 Å². The van der Waals surface area contributed by atoms with Gasteiger partial charge in [0, 0.05) is 23.7 Å². The summed E-state index contributed by atoms with van der Waals surface area (Å²) in [6, 6.07) is 10.7. The Morgan fingerprint density at radius 3 is 2.77 bits per heavy atom. The molecule has 0 saturated heterocycles. The standard InChI is InChI=1S/C21H22N2O3/c1-4-6-18(25)16-12-22-21-15(7-5-8-19(21)26-3)20(16)23-17-10-9-14(24)11-13(17)2/h5,7-12,24H,4,6H2,1-3H3,(H,22,23). The van der Waals surface area contributed by atoms with E-state index in [2.05, 4.69) is 10.3 Å². The Morgan fingerprint density at radius 2 is 2.08 bits per heavy atom. The first-order valence-electron chi connectivity index (χ1n) is 8.60. The summed E-state index contributed by atoms with van der Waals surface area (Å²) in [5.41, 5.74) is 3.67. The van der Waals surface area contributed by atoms with Crippen LogP contribution < -0.4 is 10.1 Å². The molecule has 134 valence electrons. The molecule has 0 unspecified atom stereocenters. The van der Waals surface area contributed by atoms with Crippen LogP contribution in [0.1, 0.15) is 35.7 Å². The number of phenolic OH excluding ortho intramolecular Hbond substituents is 1. The van der Waals surface area contributed by atoms with Crippen LogP contribution in [0.5, 0.6) is 11.5 Å². The number of methoxy groups -OCH3 is 1. The molecule has 0 aliphatic rings. The summed E-state index contributed by atoms with van der Waals surface area (Å²) in [5, 5.41) is 13.8. The van der Waals surface area contributed by atoms with Crippen molar-refractivity contribution in [3.8, 4) is 11.5 Å². The zero-order chi connectivity index (χ0) is 18.7. The Morgan fingerprint density at radius 1 is 1.27 bits per heavy atom. The number of anilines is 2. The summed E-state index contributed by atoms with van der Waals surface area (Å²) in [6.07, 6.45) is 2.84. The first-order valence-corrected chi connectivity index (χ1v) is 8.60. The van der Waals surface area contributed by atoms with Gasteiger partial charge in [-0.25, -0.2) is 0 Å². The molecule has 0 bridgehead atoms. The van der Waals surface area contributed by atoms with Crippen molar-refractivity contribution in [2.75, 3.05) is 12.4 Å². The molecule has 0 aliphatic heterocycles. The number of ketones is 1. The third-order valence-electron chi connectivity index (χ3n) is 4.33. The van der Waals surface area contributed by atoms with Gasteiger partial charge in [0.05, 0.1) is 18.4 Å². The summed E-state index contributed by atoms with van der Waals surface area (Å²) in [4.78, 5) is 17.1. The number of nitrogens with zero attached hydrogens (tertiary/aromatic N) is 1. The number of carbonyl (C=O) groups excluding carboxylic acids is 1. The van der Waals surface area contributed by atoms with Crippen LogP contribution in [0.15, 0.2) is 42.6 Å². The molecule has 0 saturated carbocycles. The summed E-state index contributed by atoms with van der Waals surface area (Å²) in [5.74, 6) is 0.905. The Bertz CT molecular complexity index is 967. The van der Waals surface area contributed by atoms with Crippen molar-refractivity contribution in [2.24, 2.45) is 0 Å². The van der Waals surface area contributed by atoms with E-state index in [4.69, 9.17) is 4.74 Å². The lowest BCUT2D eigenvalue weighted by Gasteiger charge is -2.17. The molecular weight excluding hydrogens is 328 g/mol. The predicted molar refractivity (Wildman–Crippen MR) is 104 cm³/mol. The van der Waals surface area contributed by atoms with Crippen molar-refractivity contribution >= 4 is 28.1 Å². The lowest BCUT2D eigenvalue weighted by molar-refractivity contribution is 0.0982. The molecule has 2 N–H and O–H groups in total. The van der Waals surface area contributed by atoms with Gasteiger partial charge in [0.1, 0.15) is 17.0 Å². The summed E-state index contributed by atoms with van der Waals surface area (Å²) in [6.45, 7) is 3.88.